The Morgan fingerprint density at radius 2 is 1.97 bits per heavy atom. The van der Waals surface area contributed by atoms with Gasteiger partial charge in [0.25, 0.3) is 5.56 Å². The predicted octanol–water partition coefficient (Wildman–Crippen LogP) is 3.56. The van der Waals surface area contributed by atoms with Crippen LogP contribution in [0.1, 0.15) is 24.1 Å². The first-order valence-corrected chi connectivity index (χ1v) is 12.0. The minimum atomic E-state index is -0.804. The molecule has 7 nitrogen and oxygen atoms in total. The fourth-order valence-electron chi connectivity index (χ4n) is 4.54. The summed E-state index contributed by atoms with van der Waals surface area (Å²) in [6, 6.07) is 12.3. The summed E-state index contributed by atoms with van der Waals surface area (Å²) in [7, 11) is 4.81. The fourth-order valence-corrected chi connectivity index (χ4v) is 5.75. The maximum absolute atomic E-state index is 13.8. The van der Waals surface area contributed by atoms with E-state index in [1.165, 1.54) is 30.1 Å². The number of carbonyl (C=O) groups excluding carboxylic acids is 1. The third kappa shape index (κ3) is 3.79. The quantitative estimate of drug-likeness (QED) is 0.396. The molecule has 0 saturated heterocycles. The van der Waals surface area contributed by atoms with Gasteiger partial charge < -0.3 is 14.0 Å². The number of halogens is 1. The molecule has 9 heteroatoms. The van der Waals surface area contributed by atoms with E-state index in [1.807, 2.05) is 48.2 Å². The number of benzene rings is 2. The van der Waals surface area contributed by atoms with Crippen LogP contribution in [-0.4, -0.2) is 29.3 Å². The van der Waals surface area contributed by atoms with Gasteiger partial charge in [0.1, 0.15) is 11.8 Å². The first-order chi connectivity index (χ1) is 16.8. The molecule has 5 rings (SSSR count). The average Bonchev–Trinajstić information content (AvgIpc) is 3.33. The normalized spacial score (nSPS) is 15.8. The molecule has 0 unspecified atom stereocenters. The number of para-hydroxylation sites is 1. The summed E-state index contributed by atoms with van der Waals surface area (Å²) in [6.07, 6.45) is 3.86. The van der Waals surface area contributed by atoms with Crippen molar-refractivity contribution in [1.82, 2.24) is 9.13 Å². The van der Waals surface area contributed by atoms with Crippen molar-refractivity contribution in [3.05, 3.63) is 95.8 Å². The standard InChI is InChI=1S/C26H22ClN3O4S/c1-14-22(25(32)34-4)23(18-12-16(27)9-10-20(18)33-3)30-24(31)21(35-26(30)28-14)11-15-13-29(2)19-8-6-5-7-17(15)19/h5-13,23H,1-4H3/b21-11-/t23-/m1/s1. The number of aromatic nitrogens is 2. The molecular formula is C26H22ClN3O4S. The Hall–Kier alpha value is -3.62. The molecule has 3 heterocycles. The molecule has 0 bridgehead atoms. The summed E-state index contributed by atoms with van der Waals surface area (Å²) < 4.78 is 14.7. The van der Waals surface area contributed by atoms with Gasteiger partial charge in [-0.3, -0.25) is 9.36 Å². The number of allylic oxidation sites excluding steroid dienone is 1. The van der Waals surface area contributed by atoms with E-state index >= 15 is 0 Å². The Labute approximate surface area is 209 Å². The van der Waals surface area contributed by atoms with Gasteiger partial charge in [0.15, 0.2) is 4.80 Å². The van der Waals surface area contributed by atoms with Crippen LogP contribution in [0.5, 0.6) is 5.75 Å². The lowest BCUT2D eigenvalue weighted by Crippen LogP contribution is -2.40. The van der Waals surface area contributed by atoms with E-state index in [1.54, 1.807) is 25.1 Å². The van der Waals surface area contributed by atoms with E-state index in [0.717, 1.165) is 16.5 Å². The molecule has 0 radical (unpaired) electrons. The van der Waals surface area contributed by atoms with E-state index in [2.05, 4.69) is 4.99 Å². The highest BCUT2D eigenvalue weighted by Gasteiger charge is 2.35. The second-order valence-electron chi connectivity index (χ2n) is 8.17. The summed E-state index contributed by atoms with van der Waals surface area (Å²) in [5.41, 5.74) is 3.04. The lowest BCUT2D eigenvalue weighted by atomic mass is 9.95. The van der Waals surface area contributed by atoms with Crippen LogP contribution in [-0.2, 0) is 16.6 Å². The largest absolute Gasteiger partial charge is 0.496 e. The average molecular weight is 508 g/mol. The number of rotatable bonds is 4. The van der Waals surface area contributed by atoms with Crippen LogP contribution < -0.4 is 19.6 Å². The number of aryl methyl sites for hydroxylation is 1. The molecular weight excluding hydrogens is 486 g/mol. The van der Waals surface area contributed by atoms with Gasteiger partial charge in [-0.15, -0.1) is 0 Å². The Kier molecular flexibility index (Phi) is 5.86. The van der Waals surface area contributed by atoms with Crippen molar-refractivity contribution < 1.29 is 14.3 Å². The molecule has 0 amide bonds. The van der Waals surface area contributed by atoms with Crippen molar-refractivity contribution in [3.63, 3.8) is 0 Å². The summed E-state index contributed by atoms with van der Waals surface area (Å²) in [6.45, 7) is 1.73. The number of hydrogen-bond donors (Lipinski definition) is 0. The topological polar surface area (TPSA) is 74.8 Å². The monoisotopic (exact) mass is 507 g/mol. The maximum atomic E-state index is 13.8. The van der Waals surface area contributed by atoms with Crippen LogP contribution in [0.2, 0.25) is 5.02 Å². The van der Waals surface area contributed by atoms with E-state index in [0.29, 0.717) is 31.4 Å². The summed E-state index contributed by atoms with van der Waals surface area (Å²) in [5.74, 6) is -0.0688. The molecule has 0 fully saturated rings. The molecule has 0 saturated carbocycles. The number of ether oxygens (including phenoxy) is 2. The van der Waals surface area contributed by atoms with Crippen LogP contribution in [0.25, 0.3) is 17.0 Å². The van der Waals surface area contributed by atoms with E-state index in [4.69, 9.17) is 21.1 Å². The zero-order valence-corrected chi connectivity index (χ0v) is 21.1. The summed E-state index contributed by atoms with van der Waals surface area (Å²) in [4.78, 5) is 31.8. The SMILES string of the molecule is COC(=O)C1=C(C)N=c2s/c(=C\c3cn(C)c4ccccc34)c(=O)n2[C@@H]1c1cc(Cl)ccc1OC. The second kappa shape index (κ2) is 8.87. The molecule has 1 atom stereocenters. The number of thiazole rings is 1. The van der Waals surface area contributed by atoms with Gasteiger partial charge in [-0.25, -0.2) is 9.79 Å². The number of esters is 1. The van der Waals surface area contributed by atoms with Crippen LogP contribution in [0, 0.1) is 0 Å². The number of methoxy groups -OCH3 is 2. The van der Waals surface area contributed by atoms with Gasteiger partial charge >= 0.3 is 5.97 Å². The van der Waals surface area contributed by atoms with Crippen molar-refractivity contribution in [3.8, 4) is 5.75 Å². The first kappa shape index (κ1) is 23.1. The number of hydrogen-bond acceptors (Lipinski definition) is 6. The lowest BCUT2D eigenvalue weighted by Gasteiger charge is -2.25. The second-order valence-corrected chi connectivity index (χ2v) is 9.62. The maximum Gasteiger partial charge on any atom is 0.338 e. The zero-order valence-electron chi connectivity index (χ0n) is 19.5. The summed E-state index contributed by atoms with van der Waals surface area (Å²) >= 11 is 7.60. The minimum Gasteiger partial charge on any atom is -0.496 e. The van der Waals surface area contributed by atoms with Crippen molar-refractivity contribution >= 4 is 45.9 Å². The molecule has 0 N–H and O–H groups in total. The molecule has 1 aliphatic heterocycles. The van der Waals surface area contributed by atoms with Crippen molar-refractivity contribution in [2.24, 2.45) is 12.0 Å². The molecule has 178 valence electrons. The minimum absolute atomic E-state index is 0.261. The van der Waals surface area contributed by atoms with Crippen LogP contribution in [0.15, 0.2) is 69.7 Å². The van der Waals surface area contributed by atoms with E-state index < -0.39 is 12.0 Å². The molecule has 4 aromatic rings. The van der Waals surface area contributed by atoms with Crippen LogP contribution in [0.3, 0.4) is 0 Å². The van der Waals surface area contributed by atoms with Gasteiger partial charge in [-0.05, 0) is 37.3 Å². The van der Waals surface area contributed by atoms with Gasteiger partial charge in [-0.1, -0.05) is 41.1 Å². The smallest absolute Gasteiger partial charge is 0.338 e. The van der Waals surface area contributed by atoms with E-state index in [-0.39, 0.29) is 11.1 Å². The third-order valence-corrected chi connectivity index (χ3v) is 7.35. The number of fused-ring (bicyclic) bond motifs is 2. The van der Waals surface area contributed by atoms with Crippen molar-refractivity contribution in [2.75, 3.05) is 14.2 Å². The predicted molar refractivity (Wildman–Crippen MR) is 137 cm³/mol. The number of nitrogens with zero attached hydrogens (tertiary/aromatic N) is 3. The highest BCUT2D eigenvalue weighted by Crippen LogP contribution is 2.37. The van der Waals surface area contributed by atoms with Gasteiger partial charge in [-0.2, -0.15) is 0 Å². The van der Waals surface area contributed by atoms with Crippen LogP contribution in [0.4, 0.5) is 0 Å². The van der Waals surface area contributed by atoms with Crippen molar-refractivity contribution in [1.29, 1.82) is 0 Å². The summed E-state index contributed by atoms with van der Waals surface area (Å²) in [5, 5.41) is 1.50. The van der Waals surface area contributed by atoms with Crippen LogP contribution >= 0.6 is 22.9 Å². The fraction of sp³-hybridized carbons (Fsp3) is 0.192. The molecule has 2 aromatic carbocycles. The first-order valence-electron chi connectivity index (χ1n) is 10.8. The van der Waals surface area contributed by atoms with E-state index in [9.17, 15) is 9.59 Å². The Bertz CT molecular complexity index is 1710. The Morgan fingerprint density at radius 3 is 2.71 bits per heavy atom. The molecule has 35 heavy (non-hydrogen) atoms. The Morgan fingerprint density at radius 1 is 1.20 bits per heavy atom. The van der Waals surface area contributed by atoms with Gasteiger partial charge in [0.2, 0.25) is 0 Å². The highest BCUT2D eigenvalue weighted by atomic mass is 35.5. The zero-order chi connectivity index (χ0) is 24.9. The Balaban J connectivity index is 1.81. The molecule has 0 aliphatic carbocycles. The molecule has 1 aliphatic rings. The lowest BCUT2D eigenvalue weighted by molar-refractivity contribution is -0.136. The third-order valence-electron chi connectivity index (χ3n) is 6.13. The van der Waals surface area contributed by atoms with Gasteiger partial charge in [0, 0.05) is 40.3 Å². The molecule has 0 spiro atoms. The van der Waals surface area contributed by atoms with Crippen molar-refractivity contribution in [2.45, 2.75) is 13.0 Å². The van der Waals surface area contributed by atoms with Gasteiger partial charge in [0.05, 0.1) is 30.0 Å². The highest BCUT2D eigenvalue weighted by molar-refractivity contribution is 7.07. The molecule has 2 aromatic heterocycles. The number of carbonyl (C=O) groups is 1.